The number of amides is 1. The Balaban J connectivity index is 1.46. The van der Waals surface area contributed by atoms with Gasteiger partial charge < -0.3 is 15.1 Å². The predicted molar refractivity (Wildman–Crippen MR) is 106 cm³/mol. The van der Waals surface area contributed by atoms with Crippen LogP contribution in [0.25, 0.3) is 0 Å². The van der Waals surface area contributed by atoms with E-state index in [-0.39, 0.29) is 17.6 Å². The van der Waals surface area contributed by atoms with Crippen LogP contribution in [0.5, 0.6) is 0 Å². The fraction of sp³-hybridized carbons (Fsp3) is 0.632. The van der Waals surface area contributed by atoms with E-state index in [9.17, 15) is 14.7 Å². The van der Waals surface area contributed by atoms with Crippen LogP contribution in [0.15, 0.2) is 21.9 Å². The van der Waals surface area contributed by atoms with E-state index in [1.54, 1.807) is 0 Å². The summed E-state index contributed by atoms with van der Waals surface area (Å²) >= 11 is 2.78. The lowest BCUT2D eigenvalue weighted by atomic mass is 9.99. The first kappa shape index (κ1) is 20.4. The summed E-state index contributed by atoms with van der Waals surface area (Å²) in [6.45, 7) is 0.596. The molecule has 27 heavy (non-hydrogen) atoms. The molecule has 0 aromatic carbocycles. The molecule has 2 heterocycles. The summed E-state index contributed by atoms with van der Waals surface area (Å²) in [5.41, 5.74) is 0.0665. The summed E-state index contributed by atoms with van der Waals surface area (Å²) in [5.74, 6) is 0.430. The quantitative estimate of drug-likeness (QED) is 0.479. The maximum Gasteiger partial charge on any atom is 0.355 e. The second-order valence-corrected chi connectivity index (χ2v) is 9.38. The number of hydrogen-bond acceptors (Lipinski definition) is 6. The average Bonchev–Trinajstić information content (AvgIpc) is 3.36. The Bertz CT molecular complexity index is 685. The number of likely N-dealkylation sites (tertiary alicyclic amines) is 1. The molecular weight excluding hydrogens is 384 g/mol. The molecule has 1 aromatic heterocycles. The van der Waals surface area contributed by atoms with Crippen LogP contribution in [-0.2, 0) is 4.79 Å². The summed E-state index contributed by atoms with van der Waals surface area (Å²) < 4.78 is 0.707. The standard InChI is InChI=1S/C19H26N2O4S2/c22-15(11-13-3-1-2-4-13)7-5-14-6-8-17(23)21(14)9-10-26-19-20-16(12-27-19)18(24)25/h5,7,12-15,22H,1-4,6,8-11H2,(H,24,25)/t14-,15+/m0/s1. The second kappa shape index (κ2) is 9.71. The van der Waals surface area contributed by atoms with Gasteiger partial charge in [0, 0.05) is 24.1 Å². The van der Waals surface area contributed by atoms with Crippen molar-refractivity contribution in [2.24, 2.45) is 5.92 Å². The van der Waals surface area contributed by atoms with E-state index >= 15 is 0 Å². The molecule has 0 radical (unpaired) electrons. The number of carbonyl (C=O) groups is 2. The molecule has 1 aliphatic heterocycles. The molecule has 8 heteroatoms. The normalized spacial score (nSPS) is 22.2. The maximum absolute atomic E-state index is 12.2. The molecule has 2 N–H and O–H groups in total. The molecule has 1 aromatic rings. The number of rotatable bonds is 9. The molecular formula is C19H26N2O4S2. The van der Waals surface area contributed by atoms with Gasteiger partial charge in [-0.2, -0.15) is 0 Å². The fourth-order valence-corrected chi connectivity index (χ4v) is 5.63. The van der Waals surface area contributed by atoms with Gasteiger partial charge in [-0.1, -0.05) is 49.6 Å². The fourth-order valence-electron chi connectivity index (χ4n) is 3.82. The Kier molecular flexibility index (Phi) is 7.32. The van der Waals surface area contributed by atoms with Crippen molar-refractivity contribution in [2.45, 2.75) is 61.4 Å². The number of carboxylic acids is 1. The maximum atomic E-state index is 12.2. The van der Waals surface area contributed by atoms with E-state index in [0.717, 1.165) is 12.8 Å². The number of aromatic nitrogens is 1. The van der Waals surface area contributed by atoms with Crippen molar-refractivity contribution in [3.8, 4) is 0 Å². The monoisotopic (exact) mass is 410 g/mol. The number of aromatic carboxylic acids is 1. The van der Waals surface area contributed by atoms with Crippen molar-refractivity contribution in [3.63, 3.8) is 0 Å². The van der Waals surface area contributed by atoms with Crippen LogP contribution in [0.3, 0.4) is 0 Å². The molecule has 2 aliphatic rings. The van der Waals surface area contributed by atoms with E-state index in [1.807, 2.05) is 17.1 Å². The largest absolute Gasteiger partial charge is 0.476 e. The molecule has 2 atom stereocenters. The number of thiazole rings is 1. The van der Waals surface area contributed by atoms with Gasteiger partial charge in [0.1, 0.15) is 0 Å². The van der Waals surface area contributed by atoms with Gasteiger partial charge in [-0.05, 0) is 18.8 Å². The molecule has 3 rings (SSSR count). The number of aliphatic hydroxyl groups is 1. The zero-order valence-corrected chi connectivity index (χ0v) is 16.9. The van der Waals surface area contributed by atoms with Crippen LogP contribution in [0.1, 0.15) is 55.4 Å². The minimum absolute atomic E-state index is 0.0437. The van der Waals surface area contributed by atoms with E-state index in [2.05, 4.69) is 4.98 Å². The summed E-state index contributed by atoms with van der Waals surface area (Å²) in [5, 5.41) is 20.7. The highest BCUT2D eigenvalue weighted by molar-refractivity contribution is 8.01. The lowest BCUT2D eigenvalue weighted by Crippen LogP contribution is -2.33. The lowest BCUT2D eigenvalue weighted by molar-refractivity contribution is -0.128. The highest BCUT2D eigenvalue weighted by Crippen LogP contribution is 2.29. The molecule has 0 unspecified atom stereocenters. The summed E-state index contributed by atoms with van der Waals surface area (Å²) in [7, 11) is 0. The minimum atomic E-state index is -1.02. The summed E-state index contributed by atoms with van der Waals surface area (Å²) in [4.78, 5) is 29.0. The third-order valence-electron chi connectivity index (χ3n) is 5.24. The van der Waals surface area contributed by atoms with E-state index < -0.39 is 12.1 Å². The Morgan fingerprint density at radius 1 is 1.41 bits per heavy atom. The number of nitrogens with zero attached hydrogens (tertiary/aromatic N) is 2. The zero-order valence-electron chi connectivity index (χ0n) is 15.2. The Labute approximate surface area is 167 Å². The topological polar surface area (TPSA) is 90.7 Å². The van der Waals surface area contributed by atoms with Crippen molar-refractivity contribution in [2.75, 3.05) is 12.3 Å². The van der Waals surface area contributed by atoms with Gasteiger partial charge in [0.25, 0.3) is 0 Å². The first-order chi connectivity index (χ1) is 13.0. The molecule has 1 amide bonds. The first-order valence-electron chi connectivity index (χ1n) is 9.50. The van der Waals surface area contributed by atoms with Crippen LogP contribution in [0.2, 0.25) is 0 Å². The van der Waals surface area contributed by atoms with Crippen molar-refractivity contribution < 1.29 is 19.8 Å². The minimum Gasteiger partial charge on any atom is -0.476 e. The number of aliphatic hydroxyl groups excluding tert-OH is 1. The lowest BCUT2D eigenvalue weighted by Gasteiger charge is -2.22. The van der Waals surface area contributed by atoms with Crippen LogP contribution in [-0.4, -0.2) is 56.4 Å². The van der Waals surface area contributed by atoms with Crippen LogP contribution in [0.4, 0.5) is 0 Å². The van der Waals surface area contributed by atoms with Crippen molar-refractivity contribution >= 4 is 35.0 Å². The van der Waals surface area contributed by atoms with Crippen LogP contribution < -0.4 is 0 Å². The van der Waals surface area contributed by atoms with Crippen LogP contribution >= 0.6 is 23.1 Å². The molecule has 2 fully saturated rings. The second-order valence-electron chi connectivity index (χ2n) is 7.18. The number of carboxylic acid groups (broad SMARTS) is 1. The van der Waals surface area contributed by atoms with Crippen LogP contribution in [0, 0.1) is 5.92 Å². The van der Waals surface area contributed by atoms with Crippen molar-refractivity contribution in [3.05, 3.63) is 23.2 Å². The Hall–Kier alpha value is -1.38. The zero-order chi connectivity index (χ0) is 19.2. The van der Waals surface area contributed by atoms with Gasteiger partial charge in [-0.25, -0.2) is 9.78 Å². The molecule has 1 saturated heterocycles. The molecule has 6 nitrogen and oxygen atoms in total. The Morgan fingerprint density at radius 3 is 2.89 bits per heavy atom. The third kappa shape index (κ3) is 5.80. The number of thioether (sulfide) groups is 1. The third-order valence-corrected chi connectivity index (χ3v) is 7.24. The van der Waals surface area contributed by atoms with Gasteiger partial charge in [0.15, 0.2) is 10.0 Å². The highest BCUT2D eigenvalue weighted by atomic mass is 32.2. The SMILES string of the molecule is O=C(O)c1csc(SCCN2C(=O)CC[C@@H]2C=C[C@@H](O)CC2CCCC2)n1. The summed E-state index contributed by atoms with van der Waals surface area (Å²) in [6.07, 6.45) is 10.6. The number of carbonyl (C=O) groups excluding carboxylic acids is 1. The van der Waals surface area contributed by atoms with E-state index in [0.29, 0.717) is 29.0 Å². The van der Waals surface area contributed by atoms with Crippen molar-refractivity contribution in [1.82, 2.24) is 9.88 Å². The van der Waals surface area contributed by atoms with Gasteiger partial charge in [-0.15, -0.1) is 11.3 Å². The van der Waals surface area contributed by atoms with Gasteiger partial charge >= 0.3 is 5.97 Å². The average molecular weight is 411 g/mol. The molecule has 0 spiro atoms. The Morgan fingerprint density at radius 2 is 2.19 bits per heavy atom. The molecule has 0 bridgehead atoms. The van der Waals surface area contributed by atoms with E-state index in [4.69, 9.17) is 5.11 Å². The summed E-state index contributed by atoms with van der Waals surface area (Å²) in [6, 6.07) is 0.0437. The number of hydrogen-bond donors (Lipinski definition) is 2. The van der Waals surface area contributed by atoms with Gasteiger partial charge in [0.05, 0.1) is 12.1 Å². The van der Waals surface area contributed by atoms with Gasteiger partial charge in [-0.3, -0.25) is 4.79 Å². The highest BCUT2D eigenvalue weighted by Gasteiger charge is 2.29. The molecule has 1 aliphatic carbocycles. The molecule has 1 saturated carbocycles. The smallest absolute Gasteiger partial charge is 0.355 e. The first-order valence-corrected chi connectivity index (χ1v) is 11.4. The van der Waals surface area contributed by atoms with Gasteiger partial charge in [0.2, 0.25) is 5.91 Å². The molecule has 148 valence electrons. The van der Waals surface area contributed by atoms with E-state index in [1.165, 1.54) is 54.2 Å². The van der Waals surface area contributed by atoms with Crippen molar-refractivity contribution in [1.29, 1.82) is 0 Å². The predicted octanol–water partition coefficient (Wildman–Crippen LogP) is 3.42.